The summed E-state index contributed by atoms with van der Waals surface area (Å²) < 4.78 is 22.0. The van der Waals surface area contributed by atoms with Crippen molar-refractivity contribution in [1.82, 2.24) is 24.3 Å². The van der Waals surface area contributed by atoms with Crippen molar-refractivity contribution in [2.75, 3.05) is 33.4 Å². The zero-order valence-electron chi connectivity index (χ0n) is 23.1. The normalized spacial score (nSPS) is 19.4. The Morgan fingerprint density at radius 1 is 1.21 bits per heavy atom. The highest BCUT2D eigenvalue weighted by Crippen LogP contribution is 2.38. The Morgan fingerprint density at radius 3 is 2.83 bits per heavy atom. The summed E-state index contributed by atoms with van der Waals surface area (Å²) in [4.78, 5) is 30.7. The summed E-state index contributed by atoms with van der Waals surface area (Å²) in [7, 11) is 2.02. The van der Waals surface area contributed by atoms with E-state index in [2.05, 4.69) is 19.4 Å². The molecule has 42 heavy (non-hydrogen) atoms. The molecule has 0 spiro atoms. The van der Waals surface area contributed by atoms with Crippen LogP contribution in [0.15, 0.2) is 59.7 Å². The highest BCUT2D eigenvalue weighted by atomic mass is 19.1. The number of amidine groups is 1. The number of likely N-dealkylation sites (N-methyl/N-ethyl adjacent to an activating group) is 1. The van der Waals surface area contributed by atoms with Crippen molar-refractivity contribution in [3.63, 3.8) is 0 Å². The van der Waals surface area contributed by atoms with Crippen molar-refractivity contribution >= 4 is 29.1 Å². The summed E-state index contributed by atoms with van der Waals surface area (Å²) in [5.41, 5.74) is 9.91. The lowest BCUT2D eigenvalue weighted by Gasteiger charge is -2.41. The van der Waals surface area contributed by atoms with Crippen molar-refractivity contribution in [3.05, 3.63) is 77.4 Å². The maximum Gasteiger partial charge on any atom is 0.254 e. The number of aliphatic hydroxyl groups excluding tert-OH is 1. The lowest BCUT2D eigenvalue weighted by atomic mass is 9.98. The maximum absolute atomic E-state index is 14.0. The molecule has 1 fully saturated rings. The molecule has 11 nitrogen and oxygen atoms in total. The Hall–Kier alpha value is -4.68. The summed E-state index contributed by atoms with van der Waals surface area (Å²) in [6.07, 6.45) is 3.14. The summed E-state index contributed by atoms with van der Waals surface area (Å²) in [6.45, 7) is 1.78. The third-order valence-electron chi connectivity index (χ3n) is 7.82. The Bertz CT molecular complexity index is 1700. The number of likely N-dealkylation sites (tertiary alicyclic amines) is 1. The number of pyridine rings is 1. The minimum absolute atomic E-state index is 0.110. The van der Waals surface area contributed by atoms with Gasteiger partial charge >= 0.3 is 0 Å². The molecule has 1 amide bonds. The van der Waals surface area contributed by atoms with Crippen LogP contribution in [0.25, 0.3) is 22.4 Å². The number of nitrogens with two attached hydrogens (primary N) is 1. The summed E-state index contributed by atoms with van der Waals surface area (Å²) in [6, 6.07) is 13.5. The van der Waals surface area contributed by atoms with E-state index in [0.717, 1.165) is 23.0 Å². The number of fused-ring (bicyclic) bond motifs is 2. The van der Waals surface area contributed by atoms with Crippen molar-refractivity contribution < 1.29 is 19.0 Å². The largest absolute Gasteiger partial charge is 0.490 e. The molecule has 0 saturated carbocycles. The number of nitrogens with one attached hydrogen (secondary N) is 1. The summed E-state index contributed by atoms with van der Waals surface area (Å²) >= 11 is 0. The minimum Gasteiger partial charge on any atom is -0.490 e. The molecule has 2 aliphatic heterocycles. The number of hydrogen-bond acceptors (Lipinski definition) is 7. The Morgan fingerprint density at radius 2 is 2.02 bits per heavy atom. The van der Waals surface area contributed by atoms with Gasteiger partial charge in [0.2, 0.25) is 0 Å². The number of rotatable bonds is 8. The van der Waals surface area contributed by atoms with Crippen LogP contribution in [0.2, 0.25) is 0 Å². The van der Waals surface area contributed by atoms with E-state index in [9.17, 15) is 14.3 Å². The van der Waals surface area contributed by atoms with Crippen LogP contribution >= 0.6 is 0 Å². The molecule has 0 bridgehead atoms. The standard InChI is InChI=1S/C30H31FN8O3/c1-37-15-20(38-14-18-6-7-19(31)10-23(18)30(38)41)11-21(16-37)39-26-12-24(28(33)35-17-32)34-13-25(26)36-29(39)22-4-2-3-5-27(22)42-9-8-40/h2-7,10,12-13,17,20-21,40H,8-9,11,14-16H2,1H3,(H3,32,33,35). The first-order valence-electron chi connectivity index (χ1n) is 13.7. The van der Waals surface area contributed by atoms with Crippen LogP contribution in [0.3, 0.4) is 0 Å². The number of amides is 1. The van der Waals surface area contributed by atoms with E-state index in [0.29, 0.717) is 54.4 Å². The van der Waals surface area contributed by atoms with Gasteiger partial charge in [0, 0.05) is 31.2 Å². The summed E-state index contributed by atoms with van der Waals surface area (Å²) in [5.74, 6) is 0.754. The number of ether oxygens (including phenoxy) is 1. The van der Waals surface area contributed by atoms with E-state index in [1.54, 1.807) is 12.3 Å². The number of imidazole rings is 1. The van der Waals surface area contributed by atoms with Gasteiger partial charge in [0.25, 0.3) is 5.91 Å². The maximum atomic E-state index is 14.0. The van der Waals surface area contributed by atoms with Crippen LogP contribution in [0.5, 0.6) is 5.75 Å². The third-order valence-corrected chi connectivity index (χ3v) is 7.82. The molecule has 1 saturated heterocycles. The van der Waals surface area contributed by atoms with Crippen LogP contribution in [-0.2, 0) is 6.54 Å². The average molecular weight is 571 g/mol. The first-order chi connectivity index (χ1) is 20.4. The van der Waals surface area contributed by atoms with E-state index in [1.807, 2.05) is 42.3 Å². The number of nitrogens with zero attached hydrogens (tertiary/aromatic N) is 6. The van der Waals surface area contributed by atoms with Crippen molar-refractivity contribution in [2.24, 2.45) is 10.7 Å². The predicted molar refractivity (Wildman–Crippen MR) is 156 cm³/mol. The number of para-hydroxylation sites is 1. The fourth-order valence-electron chi connectivity index (χ4n) is 6.03. The van der Waals surface area contributed by atoms with Crippen molar-refractivity contribution in [2.45, 2.75) is 25.0 Å². The van der Waals surface area contributed by atoms with Crippen molar-refractivity contribution in [3.8, 4) is 17.1 Å². The van der Waals surface area contributed by atoms with Gasteiger partial charge in [-0.05, 0) is 49.4 Å². The number of carbonyl (C=O) groups excluding carboxylic acids is 1. The number of aliphatic hydroxyl groups is 1. The van der Waals surface area contributed by atoms with Gasteiger partial charge in [-0.2, -0.15) is 0 Å². The average Bonchev–Trinajstić information content (AvgIpc) is 3.53. The molecule has 4 aromatic rings. The number of carbonyl (C=O) groups is 1. The van der Waals surface area contributed by atoms with Crippen molar-refractivity contribution in [1.29, 1.82) is 5.41 Å². The number of aliphatic imine (C=N–C) groups is 1. The lowest BCUT2D eigenvalue weighted by molar-refractivity contribution is 0.0532. The molecule has 2 atom stereocenters. The second-order valence-corrected chi connectivity index (χ2v) is 10.6. The fraction of sp³-hybridized carbons (Fsp3) is 0.300. The molecule has 4 N–H and O–H groups in total. The molecular formula is C30H31FN8O3. The number of aromatic nitrogens is 3. The zero-order chi connectivity index (χ0) is 29.4. The van der Waals surface area contributed by atoms with E-state index < -0.39 is 5.82 Å². The van der Waals surface area contributed by atoms with Gasteiger partial charge in [0.1, 0.15) is 41.5 Å². The molecule has 0 aliphatic carbocycles. The number of benzene rings is 2. The molecule has 216 valence electrons. The molecule has 12 heteroatoms. The molecule has 2 aromatic heterocycles. The number of halogens is 1. The fourth-order valence-corrected chi connectivity index (χ4v) is 6.03. The molecule has 4 heterocycles. The second-order valence-electron chi connectivity index (χ2n) is 10.6. The Labute approximate surface area is 241 Å². The number of hydrogen-bond donors (Lipinski definition) is 3. The highest BCUT2D eigenvalue weighted by molar-refractivity contribution is 6.01. The van der Waals surface area contributed by atoms with Gasteiger partial charge in [0.05, 0.1) is 29.9 Å². The van der Waals surface area contributed by atoms with E-state index in [4.69, 9.17) is 20.9 Å². The predicted octanol–water partition coefficient (Wildman–Crippen LogP) is 2.82. The first kappa shape index (κ1) is 27.5. The molecule has 6 rings (SSSR count). The monoisotopic (exact) mass is 570 g/mol. The topological polar surface area (TPSA) is 146 Å². The van der Waals surface area contributed by atoms with E-state index in [-0.39, 0.29) is 37.0 Å². The lowest BCUT2D eigenvalue weighted by Crippen LogP contribution is -2.50. The van der Waals surface area contributed by atoms with Gasteiger partial charge in [-0.1, -0.05) is 18.2 Å². The van der Waals surface area contributed by atoms with Crippen LogP contribution in [0.4, 0.5) is 4.39 Å². The van der Waals surface area contributed by atoms with Crippen LogP contribution in [0.1, 0.15) is 34.1 Å². The SMILES string of the molecule is CN1CC(N2Cc3ccc(F)cc3C2=O)CC(n2c(-c3ccccc3OCCO)nc3cnc(C(N)=NC=N)cc32)C1. The van der Waals surface area contributed by atoms with Crippen LogP contribution < -0.4 is 10.5 Å². The quantitative estimate of drug-likeness (QED) is 0.218. The smallest absolute Gasteiger partial charge is 0.254 e. The highest BCUT2D eigenvalue weighted by Gasteiger charge is 2.38. The van der Waals surface area contributed by atoms with E-state index in [1.165, 1.54) is 12.1 Å². The minimum atomic E-state index is -0.422. The van der Waals surface area contributed by atoms with Gasteiger partial charge < -0.3 is 29.9 Å². The van der Waals surface area contributed by atoms with Gasteiger partial charge in [-0.25, -0.2) is 14.4 Å². The Balaban J connectivity index is 1.46. The number of piperidine rings is 1. The Kier molecular flexibility index (Phi) is 7.40. The molecule has 0 radical (unpaired) electrons. The molecular weight excluding hydrogens is 539 g/mol. The molecule has 2 aliphatic rings. The molecule has 2 aromatic carbocycles. The summed E-state index contributed by atoms with van der Waals surface area (Å²) in [5, 5.41) is 16.7. The van der Waals surface area contributed by atoms with Crippen LogP contribution in [0, 0.1) is 11.2 Å². The van der Waals surface area contributed by atoms with Gasteiger partial charge in [-0.3, -0.25) is 15.2 Å². The van der Waals surface area contributed by atoms with Gasteiger partial charge in [0.15, 0.2) is 5.84 Å². The van der Waals surface area contributed by atoms with Crippen LogP contribution in [-0.4, -0.2) is 86.9 Å². The zero-order valence-corrected chi connectivity index (χ0v) is 23.1. The second kappa shape index (κ2) is 11.3. The van der Waals surface area contributed by atoms with Gasteiger partial charge in [-0.15, -0.1) is 0 Å². The van der Waals surface area contributed by atoms with E-state index >= 15 is 0 Å². The molecule has 2 unspecified atom stereocenters. The third kappa shape index (κ3) is 4.99. The first-order valence-corrected chi connectivity index (χ1v) is 13.7.